The number of amides is 2. The molecule has 1 aromatic carbocycles. The molecule has 2 N–H and O–H groups in total. The largest absolute Gasteiger partial charge is 0.467 e. The van der Waals surface area contributed by atoms with Gasteiger partial charge in [0.05, 0.1) is 7.11 Å². The van der Waals surface area contributed by atoms with Crippen LogP contribution in [0, 0.1) is 5.92 Å². The van der Waals surface area contributed by atoms with Gasteiger partial charge in [-0.15, -0.1) is 0 Å². The number of nitrogens with one attached hydrogen (secondary N) is 2. The predicted molar refractivity (Wildman–Crippen MR) is 89.0 cm³/mol. The molecule has 1 aliphatic carbocycles. The van der Waals surface area contributed by atoms with Gasteiger partial charge in [0.15, 0.2) is 0 Å². The zero-order valence-electron chi connectivity index (χ0n) is 13.9. The zero-order chi connectivity index (χ0) is 16.7. The minimum Gasteiger partial charge on any atom is -0.467 e. The molecule has 0 heterocycles. The van der Waals surface area contributed by atoms with Crippen LogP contribution in [-0.4, -0.2) is 31.2 Å². The van der Waals surface area contributed by atoms with Crippen LogP contribution >= 0.6 is 0 Å². The minimum absolute atomic E-state index is 0.179. The van der Waals surface area contributed by atoms with Gasteiger partial charge in [0, 0.05) is 12.5 Å². The molecule has 1 aliphatic rings. The van der Waals surface area contributed by atoms with E-state index in [9.17, 15) is 9.59 Å². The molecule has 0 aliphatic heterocycles. The van der Waals surface area contributed by atoms with Gasteiger partial charge in [-0.1, -0.05) is 50.1 Å². The van der Waals surface area contributed by atoms with Crippen LogP contribution in [-0.2, 0) is 16.0 Å². The van der Waals surface area contributed by atoms with Gasteiger partial charge in [-0.3, -0.25) is 0 Å². The van der Waals surface area contributed by atoms with Crippen molar-refractivity contribution in [3.8, 4) is 0 Å². The summed E-state index contributed by atoms with van der Waals surface area (Å²) in [6.07, 6.45) is 4.91. The Morgan fingerprint density at radius 3 is 2.57 bits per heavy atom. The molecule has 23 heavy (non-hydrogen) atoms. The average Bonchev–Trinajstić information content (AvgIpc) is 2.56. The fraction of sp³-hybridized carbons (Fsp3) is 0.556. The van der Waals surface area contributed by atoms with Crippen molar-refractivity contribution >= 4 is 12.0 Å². The molecule has 5 nitrogen and oxygen atoms in total. The minimum atomic E-state index is -0.679. The van der Waals surface area contributed by atoms with Crippen LogP contribution in [0.3, 0.4) is 0 Å². The number of hydrogen-bond donors (Lipinski definition) is 2. The Hall–Kier alpha value is -2.04. The van der Waals surface area contributed by atoms with Gasteiger partial charge in [-0.2, -0.15) is 0 Å². The highest BCUT2D eigenvalue weighted by atomic mass is 16.5. The van der Waals surface area contributed by atoms with Crippen molar-refractivity contribution in [1.82, 2.24) is 10.6 Å². The van der Waals surface area contributed by atoms with E-state index < -0.39 is 12.0 Å². The van der Waals surface area contributed by atoms with E-state index in [4.69, 9.17) is 4.74 Å². The molecule has 5 heteroatoms. The van der Waals surface area contributed by atoms with Gasteiger partial charge < -0.3 is 15.4 Å². The summed E-state index contributed by atoms with van der Waals surface area (Å²) in [6, 6.07) is 8.80. The van der Waals surface area contributed by atoms with Gasteiger partial charge in [-0.25, -0.2) is 9.59 Å². The average molecular weight is 318 g/mol. The molecule has 0 aromatic heterocycles. The van der Waals surface area contributed by atoms with Crippen molar-refractivity contribution in [2.75, 3.05) is 7.11 Å². The summed E-state index contributed by atoms with van der Waals surface area (Å²) in [5, 5.41) is 5.77. The molecule has 0 saturated heterocycles. The summed E-state index contributed by atoms with van der Waals surface area (Å²) < 4.78 is 4.82. The summed E-state index contributed by atoms with van der Waals surface area (Å²) in [5.74, 6) is 0.0425. The first-order chi connectivity index (χ1) is 11.1. The fourth-order valence-electron chi connectivity index (χ4n) is 3.08. The van der Waals surface area contributed by atoms with Crippen LogP contribution in [0.5, 0.6) is 0 Å². The SMILES string of the molecule is COC(=O)[C@H](Cc1ccccc1)NC(=O)NC1CCCCC1C. The van der Waals surface area contributed by atoms with Crippen molar-refractivity contribution in [1.29, 1.82) is 0 Å². The normalized spacial score (nSPS) is 22.0. The highest BCUT2D eigenvalue weighted by Gasteiger charge is 2.26. The molecule has 0 radical (unpaired) electrons. The first-order valence-corrected chi connectivity index (χ1v) is 8.29. The number of esters is 1. The molecule has 2 rings (SSSR count). The van der Waals surface area contributed by atoms with Crippen LogP contribution < -0.4 is 10.6 Å². The zero-order valence-corrected chi connectivity index (χ0v) is 13.9. The third-order valence-electron chi connectivity index (χ3n) is 4.50. The second-order valence-electron chi connectivity index (χ2n) is 6.25. The van der Waals surface area contributed by atoms with Crippen molar-refractivity contribution < 1.29 is 14.3 Å². The highest BCUT2D eigenvalue weighted by Crippen LogP contribution is 2.23. The molecule has 3 atom stereocenters. The van der Waals surface area contributed by atoms with Crippen molar-refractivity contribution in [3.05, 3.63) is 35.9 Å². The summed E-state index contributed by atoms with van der Waals surface area (Å²) in [4.78, 5) is 24.2. The van der Waals surface area contributed by atoms with Gasteiger partial charge in [0.1, 0.15) is 6.04 Å². The number of hydrogen-bond acceptors (Lipinski definition) is 3. The maximum absolute atomic E-state index is 12.2. The fourth-order valence-corrected chi connectivity index (χ4v) is 3.08. The van der Waals surface area contributed by atoms with Crippen LogP contribution in [0.1, 0.15) is 38.2 Å². The smallest absolute Gasteiger partial charge is 0.328 e. The number of benzene rings is 1. The lowest BCUT2D eigenvalue weighted by Crippen LogP contribution is -2.52. The number of rotatable bonds is 5. The lowest BCUT2D eigenvalue weighted by atomic mass is 9.86. The van der Waals surface area contributed by atoms with E-state index in [1.165, 1.54) is 13.5 Å². The quantitative estimate of drug-likeness (QED) is 0.820. The third kappa shape index (κ3) is 5.27. The Labute approximate surface area is 137 Å². The van der Waals surface area contributed by atoms with Crippen LogP contribution in [0.15, 0.2) is 30.3 Å². The number of urea groups is 1. The number of methoxy groups -OCH3 is 1. The molecule has 2 unspecified atom stereocenters. The molecule has 0 bridgehead atoms. The summed E-state index contributed by atoms with van der Waals surface area (Å²) in [6.45, 7) is 2.16. The maximum Gasteiger partial charge on any atom is 0.328 e. The van der Waals surface area contributed by atoms with Gasteiger partial charge in [0.25, 0.3) is 0 Å². The molecule has 1 fully saturated rings. The number of ether oxygens (including phenoxy) is 1. The van der Waals surface area contributed by atoms with E-state index >= 15 is 0 Å². The topological polar surface area (TPSA) is 67.4 Å². The maximum atomic E-state index is 12.2. The second kappa shape index (κ2) is 8.56. The van der Waals surface area contributed by atoms with Gasteiger partial charge in [0.2, 0.25) is 0 Å². The van der Waals surface area contributed by atoms with E-state index in [1.807, 2.05) is 30.3 Å². The van der Waals surface area contributed by atoms with Crippen molar-refractivity contribution in [3.63, 3.8) is 0 Å². The van der Waals surface area contributed by atoms with Crippen molar-refractivity contribution in [2.24, 2.45) is 5.92 Å². The Kier molecular flexibility index (Phi) is 6.44. The van der Waals surface area contributed by atoms with Crippen LogP contribution in [0.25, 0.3) is 0 Å². The van der Waals surface area contributed by atoms with E-state index in [-0.39, 0.29) is 12.1 Å². The van der Waals surface area contributed by atoms with E-state index in [2.05, 4.69) is 17.6 Å². The monoisotopic (exact) mass is 318 g/mol. The standard InChI is InChI=1S/C18H26N2O3/c1-13-8-6-7-11-15(13)19-18(22)20-16(17(21)23-2)12-14-9-4-3-5-10-14/h3-5,9-10,13,15-16H,6-8,11-12H2,1-2H3,(H2,19,20,22)/t13?,15?,16-/m0/s1. The molecule has 126 valence electrons. The summed E-state index contributed by atoms with van der Waals surface area (Å²) in [7, 11) is 1.34. The molecular formula is C18H26N2O3. The van der Waals surface area contributed by atoms with Crippen LogP contribution in [0.2, 0.25) is 0 Å². The number of carbonyl (C=O) groups is 2. The molecular weight excluding hydrogens is 292 g/mol. The Balaban J connectivity index is 1.94. The lowest BCUT2D eigenvalue weighted by molar-refractivity contribution is -0.142. The molecule has 1 saturated carbocycles. The Morgan fingerprint density at radius 2 is 1.91 bits per heavy atom. The first-order valence-electron chi connectivity index (χ1n) is 8.29. The summed E-state index contributed by atoms with van der Waals surface area (Å²) >= 11 is 0. The highest BCUT2D eigenvalue weighted by molar-refractivity contribution is 5.83. The third-order valence-corrected chi connectivity index (χ3v) is 4.50. The second-order valence-corrected chi connectivity index (χ2v) is 6.25. The Morgan fingerprint density at radius 1 is 1.22 bits per heavy atom. The predicted octanol–water partition coefficient (Wildman–Crippen LogP) is 2.65. The van der Waals surface area contributed by atoms with Crippen LogP contribution in [0.4, 0.5) is 4.79 Å². The van der Waals surface area contributed by atoms with E-state index in [0.29, 0.717) is 12.3 Å². The molecule has 0 spiro atoms. The van der Waals surface area contributed by atoms with Crippen molar-refractivity contribution in [2.45, 2.75) is 51.1 Å². The Bertz CT molecular complexity index is 518. The first kappa shape index (κ1) is 17.3. The van der Waals surface area contributed by atoms with Gasteiger partial charge in [-0.05, 0) is 24.3 Å². The summed E-state index contributed by atoms with van der Waals surface area (Å²) in [5.41, 5.74) is 0.981. The van der Waals surface area contributed by atoms with E-state index in [1.54, 1.807) is 0 Å². The lowest BCUT2D eigenvalue weighted by Gasteiger charge is -2.30. The number of carbonyl (C=O) groups excluding carboxylic acids is 2. The van der Waals surface area contributed by atoms with E-state index in [0.717, 1.165) is 24.8 Å². The van der Waals surface area contributed by atoms with Gasteiger partial charge >= 0.3 is 12.0 Å². The molecule has 1 aromatic rings. The molecule has 2 amide bonds.